The molecule has 4 heteroatoms. The van der Waals surface area contributed by atoms with E-state index in [9.17, 15) is 0 Å². The van der Waals surface area contributed by atoms with Gasteiger partial charge in [-0.25, -0.2) is 0 Å². The standard InChI is InChI=1S/C15H16ClNO2/c1-3-18-12-7-11(17)8-13(9-12)19-15-6-10(2)4-5-14(15)16/h4-9H,3,17H2,1-2H3. The van der Waals surface area contributed by atoms with Gasteiger partial charge in [-0.2, -0.15) is 0 Å². The molecule has 0 aliphatic heterocycles. The van der Waals surface area contributed by atoms with Crippen molar-refractivity contribution in [1.82, 2.24) is 0 Å². The summed E-state index contributed by atoms with van der Waals surface area (Å²) in [5.41, 5.74) is 7.48. The van der Waals surface area contributed by atoms with Gasteiger partial charge in [-0.05, 0) is 31.5 Å². The normalized spacial score (nSPS) is 10.3. The summed E-state index contributed by atoms with van der Waals surface area (Å²) >= 11 is 6.10. The minimum Gasteiger partial charge on any atom is -0.494 e. The number of rotatable bonds is 4. The molecule has 2 aromatic rings. The SMILES string of the molecule is CCOc1cc(N)cc(Oc2cc(C)ccc2Cl)c1. The molecule has 0 spiro atoms. The average Bonchev–Trinajstić information content (AvgIpc) is 2.33. The van der Waals surface area contributed by atoms with Crippen molar-refractivity contribution in [3.8, 4) is 17.2 Å². The minimum absolute atomic E-state index is 0.561. The Labute approximate surface area is 117 Å². The summed E-state index contributed by atoms with van der Waals surface area (Å²) in [5.74, 6) is 1.90. The van der Waals surface area contributed by atoms with Crippen molar-refractivity contribution in [2.75, 3.05) is 12.3 Å². The summed E-state index contributed by atoms with van der Waals surface area (Å²) < 4.78 is 11.2. The number of nitrogens with two attached hydrogens (primary N) is 1. The molecule has 19 heavy (non-hydrogen) atoms. The Kier molecular flexibility index (Phi) is 4.17. The van der Waals surface area contributed by atoms with Gasteiger partial charge < -0.3 is 15.2 Å². The number of aryl methyl sites for hydroxylation is 1. The second kappa shape index (κ2) is 5.85. The van der Waals surface area contributed by atoms with Crippen molar-refractivity contribution in [1.29, 1.82) is 0 Å². The molecule has 2 N–H and O–H groups in total. The van der Waals surface area contributed by atoms with E-state index >= 15 is 0 Å². The quantitative estimate of drug-likeness (QED) is 0.841. The first-order chi connectivity index (χ1) is 9.08. The van der Waals surface area contributed by atoms with Crippen molar-refractivity contribution >= 4 is 17.3 Å². The van der Waals surface area contributed by atoms with Gasteiger partial charge in [0.25, 0.3) is 0 Å². The first-order valence-corrected chi connectivity index (χ1v) is 6.43. The van der Waals surface area contributed by atoms with Crippen LogP contribution in [0.15, 0.2) is 36.4 Å². The molecule has 0 saturated heterocycles. The molecular weight excluding hydrogens is 262 g/mol. The van der Waals surface area contributed by atoms with Crippen LogP contribution in [0.5, 0.6) is 17.2 Å². The van der Waals surface area contributed by atoms with Crippen molar-refractivity contribution in [2.24, 2.45) is 0 Å². The highest BCUT2D eigenvalue weighted by atomic mass is 35.5. The summed E-state index contributed by atoms with van der Waals surface area (Å²) in [6, 6.07) is 10.9. The molecule has 2 aromatic carbocycles. The summed E-state index contributed by atoms with van der Waals surface area (Å²) in [5, 5.41) is 0.561. The van der Waals surface area contributed by atoms with Crippen LogP contribution in [0.3, 0.4) is 0 Å². The Balaban J connectivity index is 2.29. The fourth-order valence-corrected chi connectivity index (χ4v) is 1.87. The Morgan fingerprint density at radius 3 is 2.58 bits per heavy atom. The van der Waals surface area contributed by atoms with E-state index in [2.05, 4.69) is 0 Å². The lowest BCUT2D eigenvalue weighted by atomic mass is 10.2. The lowest BCUT2D eigenvalue weighted by molar-refractivity contribution is 0.338. The largest absolute Gasteiger partial charge is 0.494 e. The molecule has 100 valence electrons. The number of ether oxygens (including phenoxy) is 2. The van der Waals surface area contributed by atoms with Crippen LogP contribution in [0.2, 0.25) is 5.02 Å². The number of anilines is 1. The third-order valence-corrected chi connectivity index (χ3v) is 2.84. The minimum atomic E-state index is 0.561. The average molecular weight is 278 g/mol. The molecule has 0 heterocycles. The first-order valence-electron chi connectivity index (χ1n) is 6.06. The number of benzene rings is 2. The van der Waals surface area contributed by atoms with Gasteiger partial charge in [-0.15, -0.1) is 0 Å². The van der Waals surface area contributed by atoms with Gasteiger partial charge in [-0.3, -0.25) is 0 Å². The molecule has 0 bridgehead atoms. The van der Waals surface area contributed by atoms with E-state index in [1.165, 1.54) is 0 Å². The van der Waals surface area contributed by atoms with Gasteiger partial charge in [0.15, 0.2) is 0 Å². The van der Waals surface area contributed by atoms with Crippen LogP contribution in [0, 0.1) is 6.92 Å². The van der Waals surface area contributed by atoms with E-state index in [1.807, 2.05) is 32.0 Å². The van der Waals surface area contributed by atoms with Gasteiger partial charge >= 0.3 is 0 Å². The van der Waals surface area contributed by atoms with Crippen LogP contribution >= 0.6 is 11.6 Å². The van der Waals surface area contributed by atoms with E-state index in [4.69, 9.17) is 26.8 Å². The van der Waals surface area contributed by atoms with Gasteiger partial charge in [-0.1, -0.05) is 17.7 Å². The van der Waals surface area contributed by atoms with Crippen LogP contribution in [0.25, 0.3) is 0 Å². The zero-order chi connectivity index (χ0) is 13.8. The maximum atomic E-state index is 6.10. The number of hydrogen-bond donors (Lipinski definition) is 1. The molecule has 0 radical (unpaired) electrons. The lowest BCUT2D eigenvalue weighted by Gasteiger charge is -2.11. The van der Waals surface area contributed by atoms with Crippen molar-refractivity contribution < 1.29 is 9.47 Å². The zero-order valence-electron chi connectivity index (χ0n) is 10.9. The fourth-order valence-electron chi connectivity index (χ4n) is 1.72. The molecule has 0 aliphatic rings. The van der Waals surface area contributed by atoms with Crippen LogP contribution in [-0.4, -0.2) is 6.61 Å². The monoisotopic (exact) mass is 277 g/mol. The zero-order valence-corrected chi connectivity index (χ0v) is 11.7. The smallest absolute Gasteiger partial charge is 0.146 e. The fraction of sp³-hybridized carbons (Fsp3) is 0.200. The Bertz CT molecular complexity index is 584. The highest BCUT2D eigenvalue weighted by molar-refractivity contribution is 6.32. The van der Waals surface area contributed by atoms with E-state index < -0.39 is 0 Å². The predicted molar refractivity (Wildman–Crippen MR) is 78.3 cm³/mol. The Morgan fingerprint density at radius 1 is 1.11 bits per heavy atom. The third kappa shape index (κ3) is 3.55. The highest BCUT2D eigenvalue weighted by Crippen LogP contribution is 2.33. The van der Waals surface area contributed by atoms with E-state index in [0.717, 1.165) is 5.56 Å². The van der Waals surface area contributed by atoms with Crippen molar-refractivity contribution in [2.45, 2.75) is 13.8 Å². The van der Waals surface area contributed by atoms with Crippen LogP contribution < -0.4 is 15.2 Å². The topological polar surface area (TPSA) is 44.5 Å². The second-order valence-corrected chi connectivity index (χ2v) is 4.61. The Morgan fingerprint density at radius 2 is 1.84 bits per heavy atom. The number of halogens is 1. The van der Waals surface area contributed by atoms with Crippen LogP contribution in [0.1, 0.15) is 12.5 Å². The van der Waals surface area contributed by atoms with Gasteiger partial charge in [0, 0.05) is 23.9 Å². The lowest BCUT2D eigenvalue weighted by Crippen LogP contribution is -1.95. The van der Waals surface area contributed by atoms with E-state index in [1.54, 1.807) is 18.2 Å². The predicted octanol–water partition coefficient (Wildman–Crippen LogP) is 4.42. The van der Waals surface area contributed by atoms with Crippen LogP contribution in [0.4, 0.5) is 5.69 Å². The van der Waals surface area contributed by atoms with Crippen LogP contribution in [-0.2, 0) is 0 Å². The molecule has 0 aliphatic carbocycles. The number of nitrogen functional groups attached to an aromatic ring is 1. The maximum Gasteiger partial charge on any atom is 0.146 e. The molecular formula is C15H16ClNO2. The maximum absolute atomic E-state index is 6.10. The summed E-state index contributed by atoms with van der Waals surface area (Å²) in [4.78, 5) is 0. The molecule has 0 atom stereocenters. The summed E-state index contributed by atoms with van der Waals surface area (Å²) in [7, 11) is 0. The van der Waals surface area contributed by atoms with Gasteiger partial charge in [0.2, 0.25) is 0 Å². The van der Waals surface area contributed by atoms with E-state index in [0.29, 0.717) is 34.6 Å². The molecule has 0 amide bonds. The van der Waals surface area contributed by atoms with Crippen molar-refractivity contribution in [3.05, 3.63) is 47.0 Å². The van der Waals surface area contributed by atoms with E-state index in [-0.39, 0.29) is 0 Å². The third-order valence-electron chi connectivity index (χ3n) is 2.53. The Hall–Kier alpha value is -1.87. The molecule has 0 fully saturated rings. The molecule has 0 saturated carbocycles. The molecule has 0 aromatic heterocycles. The number of hydrogen-bond acceptors (Lipinski definition) is 3. The highest BCUT2D eigenvalue weighted by Gasteiger charge is 2.06. The van der Waals surface area contributed by atoms with Gasteiger partial charge in [0.1, 0.15) is 17.2 Å². The molecule has 3 nitrogen and oxygen atoms in total. The first kappa shape index (κ1) is 13.6. The summed E-state index contributed by atoms with van der Waals surface area (Å²) in [6.07, 6.45) is 0. The second-order valence-electron chi connectivity index (χ2n) is 4.21. The molecule has 2 rings (SSSR count). The molecule has 0 unspecified atom stereocenters. The van der Waals surface area contributed by atoms with Gasteiger partial charge in [0.05, 0.1) is 11.6 Å². The van der Waals surface area contributed by atoms with Crippen molar-refractivity contribution in [3.63, 3.8) is 0 Å². The summed E-state index contributed by atoms with van der Waals surface area (Å²) in [6.45, 7) is 4.48.